The minimum atomic E-state index is -0.809. The quantitative estimate of drug-likeness (QED) is 0.803. The summed E-state index contributed by atoms with van der Waals surface area (Å²) >= 11 is 0. The van der Waals surface area contributed by atoms with Crippen molar-refractivity contribution in [3.63, 3.8) is 0 Å². The van der Waals surface area contributed by atoms with Crippen molar-refractivity contribution in [3.8, 4) is 0 Å². The predicted molar refractivity (Wildman–Crippen MR) is 68.9 cm³/mol. The van der Waals surface area contributed by atoms with Crippen LogP contribution in [0.1, 0.15) is 32.6 Å². The Morgan fingerprint density at radius 2 is 2.21 bits per heavy atom. The van der Waals surface area contributed by atoms with Gasteiger partial charge in [-0.1, -0.05) is 13.3 Å². The van der Waals surface area contributed by atoms with E-state index in [1.54, 1.807) is 4.90 Å². The first-order chi connectivity index (χ1) is 9.11. The van der Waals surface area contributed by atoms with E-state index in [0.29, 0.717) is 26.1 Å². The second-order valence-corrected chi connectivity index (χ2v) is 5.28. The van der Waals surface area contributed by atoms with Crippen LogP contribution in [0.15, 0.2) is 0 Å². The van der Waals surface area contributed by atoms with Gasteiger partial charge in [-0.3, -0.25) is 4.79 Å². The molecule has 6 nitrogen and oxygen atoms in total. The standard InChI is InChI=1S/C13H22N2O4/c1-2-9-8-15(6-7-19-9)13(18)14-11-5-3-4-10(11)12(16)17/h9-11H,2-8H2,1H3,(H,14,18)(H,16,17). The fourth-order valence-electron chi connectivity index (χ4n) is 2.83. The number of amides is 2. The van der Waals surface area contributed by atoms with E-state index in [2.05, 4.69) is 5.32 Å². The van der Waals surface area contributed by atoms with Crippen molar-refractivity contribution in [1.82, 2.24) is 10.2 Å². The molecular weight excluding hydrogens is 248 g/mol. The minimum Gasteiger partial charge on any atom is -0.481 e. The molecule has 2 aliphatic rings. The molecule has 1 heterocycles. The highest BCUT2D eigenvalue weighted by molar-refractivity contribution is 5.77. The lowest BCUT2D eigenvalue weighted by atomic mass is 10.0. The molecule has 0 aromatic carbocycles. The molecule has 19 heavy (non-hydrogen) atoms. The Kier molecular flexibility index (Phi) is 4.63. The van der Waals surface area contributed by atoms with Crippen molar-refractivity contribution in [2.24, 2.45) is 5.92 Å². The van der Waals surface area contributed by atoms with Crippen LogP contribution in [0.25, 0.3) is 0 Å². The van der Waals surface area contributed by atoms with Gasteiger partial charge in [0.05, 0.1) is 18.6 Å². The monoisotopic (exact) mass is 270 g/mol. The zero-order valence-electron chi connectivity index (χ0n) is 11.3. The van der Waals surface area contributed by atoms with Gasteiger partial charge in [0, 0.05) is 19.1 Å². The van der Waals surface area contributed by atoms with Crippen molar-refractivity contribution in [2.45, 2.75) is 44.8 Å². The maximum atomic E-state index is 12.2. The van der Waals surface area contributed by atoms with Crippen LogP contribution in [0.4, 0.5) is 4.79 Å². The zero-order valence-corrected chi connectivity index (χ0v) is 11.3. The molecule has 3 atom stereocenters. The first kappa shape index (κ1) is 14.1. The van der Waals surface area contributed by atoms with Gasteiger partial charge >= 0.3 is 12.0 Å². The molecule has 0 radical (unpaired) electrons. The highest BCUT2D eigenvalue weighted by Crippen LogP contribution is 2.26. The number of nitrogens with one attached hydrogen (secondary N) is 1. The number of carbonyl (C=O) groups excluding carboxylic acids is 1. The van der Waals surface area contributed by atoms with Gasteiger partial charge < -0.3 is 20.1 Å². The van der Waals surface area contributed by atoms with Gasteiger partial charge in [0.1, 0.15) is 0 Å². The smallest absolute Gasteiger partial charge is 0.317 e. The molecule has 1 aliphatic heterocycles. The summed E-state index contributed by atoms with van der Waals surface area (Å²) < 4.78 is 5.52. The van der Waals surface area contributed by atoms with Crippen molar-refractivity contribution in [3.05, 3.63) is 0 Å². The Labute approximate surface area is 113 Å². The molecule has 0 aromatic rings. The second-order valence-electron chi connectivity index (χ2n) is 5.28. The van der Waals surface area contributed by atoms with E-state index in [1.807, 2.05) is 6.92 Å². The van der Waals surface area contributed by atoms with Gasteiger partial charge in [-0.15, -0.1) is 0 Å². The third-order valence-corrected chi connectivity index (χ3v) is 4.02. The average Bonchev–Trinajstić information content (AvgIpc) is 2.87. The number of morpholine rings is 1. The lowest BCUT2D eigenvalue weighted by molar-refractivity contribution is -0.142. The van der Waals surface area contributed by atoms with E-state index in [4.69, 9.17) is 9.84 Å². The summed E-state index contributed by atoms with van der Waals surface area (Å²) in [6.07, 6.45) is 3.25. The summed E-state index contributed by atoms with van der Waals surface area (Å²) in [5.74, 6) is -1.25. The first-order valence-corrected chi connectivity index (χ1v) is 7.01. The molecule has 2 fully saturated rings. The fraction of sp³-hybridized carbons (Fsp3) is 0.846. The molecule has 6 heteroatoms. The van der Waals surface area contributed by atoms with Crippen molar-refractivity contribution >= 4 is 12.0 Å². The van der Waals surface area contributed by atoms with Crippen molar-refractivity contribution in [2.75, 3.05) is 19.7 Å². The Morgan fingerprint density at radius 3 is 2.89 bits per heavy atom. The van der Waals surface area contributed by atoms with Crippen LogP contribution in [0, 0.1) is 5.92 Å². The summed E-state index contributed by atoms with van der Waals surface area (Å²) in [7, 11) is 0. The fourth-order valence-corrected chi connectivity index (χ4v) is 2.83. The number of carboxylic acids is 1. The van der Waals surface area contributed by atoms with Crippen LogP contribution in [-0.2, 0) is 9.53 Å². The molecular formula is C13H22N2O4. The first-order valence-electron chi connectivity index (χ1n) is 7.01. The molecule has 2 rings (SSSR count). The average molecular weight is 270 g/mol. The van der Waals surface area contributed by atoms with Crippen LogP contribution in [-0.4, -0.2) is 53.8 Å². The van der Waals surface area contributed by atoms with E-state index in [-0.39, 0.29) is 18.2 Å². The molecule has 108 valence electrons. The summed E-state index contributed by atoms with van der Waals surface area (Å²) in [6.45, 7) is 3.75. The van der Waals surface area contributed by atoms with Gasteiger partial charge in [-0.05, 0) is 19.3 Å². The Bertz CT molecular complexity index is 348. The number of urea groups is 1. The van der Waals surface area contributed by atoms with Crippen molar-refractivity contribution < 1.29 is 19.4 Å². The van der Waals surface area contributed by atoms with E-state index < -0.39 is 11.9 Å². The van der Waals surface area contributed by atoms with Gasteiger partial charge in [0.25, 0.3) is 0 Å². The molecule has 0 spiro atoms. The maximum absolute atomic E-state index is 12.2. The number of hydrogen-bond acceptors (Lipinski definition) is 3. The third kappa shape index (κ3) is 3.37. The molecule has 1 saturated heterocycles. The number of rotatable bonds is 3. The molecule has 3 unspecified atom stereocenters. The van der Waals surface area contributed by atoms with E-state index in [0.717, 1.165) is 19.3 Å². The summed E-state index contributed by atoms with van der Waals surface area (Å²) in [5.41, 5.74) is 0. The topological polar surface area (TPSA) is 78.9 Å². The van der Waals surface area contributed by atoms with Gasteiger partial charge in [-0.2, -0.15) is 0 Å². The largest absolute Gasteiger partial charge is 0.481 e. The Morgan fingerprint density at radius 1 is 1.42 bits per heavy atom. The predicted octanol–water partition coefficient (Wildman–Crippen LogP) is 1.06. The van der Waals surface area contributed by atoms with Crippen LogP contribution in [0.5, 0.6) is 0 Å². The number of hydrogen-bond donors (Lipinski definition) is 2. The number of carbonyl (C=O) groups is 2. The number of carboxylic acid groups (broad SMARTS) is 1. The van der Waals surface area contributed by atoms with Gasteiger partial charge in [0.15, 0.2) is 0 Å². The molecule has 0 aromatic heterocycles. The van der Waals surface area contributed by atoms with E-state index in [1.165, 1.54) is 0 Å². The molecule has 2 N–H and O–H groups in total. The van der Waals surface area contributed by atoms with Crippen LogP contribution in [0.3, 0.4) is 0 Å². The molecule has 1 aliphatic carbocycles. The highest BCUT2D eigenvalue weighted by atomic mass is 16.5. The van der Waals surface area contributed by atoms with Crippen LogP contribution < -0.4 is 5.32 Å². The lowest BCUT2D eigenvalue weighted by Gasteiger charge is -2.33. The maximum Gasteiger partial charge on any atom is 0.317 e. The van der Waals surface area contributed by atoms with E-state index in [9.17, 15) is 9.59 Å². The van der Waals surface area contributed by atoms with Crippen LogP contribution >= 0.6 is 0 Å². The van der Waals surface area contributed by atoms with E-state index >= 15 is 0 Å². The molecule has 2 amide bonds. The zero-order chi connectivity index (χ0) is 13.8. The Balaban J connectivity index is 1.88. The number of nitrogens with zero attached hydrogens (tertiary/aromatic N) is 1. The number of aliphatic carboxylic acids is 1. The molecule has 0 bridgehead atoms. The summed E-state index contributed by atoms with van der Waals surface area (Å²) in [4.78, 5) is 25.0. The minimum absolute atomic E-state index is 0.0957. The van der Waals surface area contributed by atoms with Gasteiger partial charge in [-0.25, -0.2) is 4.79 Å². The Hall–Kier alpha value is -1.30. The highest BCUT2D eigenvalue weighted by Gasteiger charge is 2.35. The normalized spacial score (nSPS) is 31.2. The van der Waals surface area contributed by atoms with Crippen molar-refractivity contribution in [1.29, 1.82) is 0 Å². The second kappa shape index (κ2) is 6.23. The van der Waals surface area contributed by atoms with Gasteiger partial charge in [0.2, 0.25) is 0 Å². The number of ether oxygens (including phenoxy) is 1. The van der Waals surface area contributed by atoms with Crippen LogP contribution in [0.2, 0.25) is 0 Å². The molecule has 1 saturated carbocycles. The summed E-state index contributed by atoms with van der Waals surface area (Å²) in [6, 6.07) is -0.382. The SMILES string of the molecule is CCC1CN(C(=O)NC2CCCC2C(=O)O)CCO1. The third-order valence-electron chi connectivity index (χ3n) is 4.02. The summed E-state index contributed by atoms with van der Waals surface area (Å²) in [5, 5.41) is 12.0. The lowest BCUT2D eigenvalue weighted by Crippen LogP contribution is -2.52.